The summed E-state index contributed by atoms with van der Waals surface area (Å²) in [6, 6.07) is 3.83. The van der Waals surface area contributed by atoms with Gasteiger partial charge in [0.1, 0.15) is 15.8 Å². The molecule has 2 aromatic rings. The second-order valence-electron chi connectivity index (χ2n) is 8.56. The van der Waals surface area contributed by atoms with Gasteiger partial charge in [-0.3, -0.25) is 18.9 Å². The first-order valence-electron chi connectivity index (χ1n) is 11.2. The predicted molar refractivity (Wildman–Crippen MR) is 131 cm³/mol. The summed E-state index contributed by atoms with van der Waals surface area (Å²) in [5, 5.41) is 0. The number of piperidine rings is 1. The maximum absolute atomic E-state index is 13.5. The Morgan fingerprint density at radius 3 is 2.78 bits per heavy atom. The first kappa shape index (κ1) is 21.6. The Kier molecular flexibility index (Phi) is 6.05. The van der Waals surface area contributed by atoms with Gasteiger partial charge in [-0.25, -0.2) is 4.98 Å². The van der Waals surface area contributed by atoms with E-state index < -0.39 is 0 Å². The molecule has 1 atom stereocenters. The molecule has 7 nitrogen and oxygen atoms in total. The van der Waals surface area contributed by atoms with Crippen molar-refractivity contribution < 1.29 is 9.53 Å². The van der Waals surface area contributed by atoms with Gasteiger partial charge in [0.05, 0.1) is 23.1 Å². The summed E-state index contributed by atoms with van der Waals surface area (Å²) in [5.41, 5.74) is 1.88. The molecule has 0 N–H and O–H groups in total. The van der Waals surface area contributed by atoms with Gasteiger partial charge in [0.15, 0.2) is 0 Å². The molecule has 0 aromatic carbocycles. The largest absolute Gasteiger partial charge is 0.376 e. The fourth-order valence-corrected chi connectivity index (χ4v) is 5.76. The van der Waals surface area contributed by atoms with Gasteiger partial charge < -0.3 is 9.64 Å². The van der Waals surface area contributed by atoms with Crippen LogP contribution in [-0.2, 0) is 9.53 Å². The van der Waals surface area contributed by atoms with Crippen LogP contribution < -0.4 is 10.5 Å². The van der Waals surface area contributed by atoms with E-state index >= 15 is 0 Å². The molecule has 1 amide bonds. The van der Waals surface area contributed by atoms with Gasteiger partial charge in [0.2, 0.25) is 0 Å². The van der Waals surface area contributed by atoms with Crippen molar-refractivity contribution in [1.82, 2.24) is 14.3 Å². The summed E-state index contributed by atoms with van der Waals surface area (Å²) in [6.07, 6.45) is 8.78. The monoisotopic (exact) mass is 470 g/mol. The molecule has 168 valence electrons. The molecule has 0 bridgehead atoms. The lowest BCUT2D eigenvalue weighted by atomic mass is 10.1. The Labute approximate surface area is 196 Å². The summed E-state index contributed by atoms with van der Waals surface area (Å²) >= 11 is 6.74. The number of nitrogens with zero attached hydrogens (tertiary/aromatic N) is 4. The van der Waals surface area contributed by atoms with Crippen LogP contribution in [0.4, 0.5) is 5.82 Å². The first-order chi connectivity index (χ1) is 15.5. The molecule has 5 heterocycles. The smallest absolute Gasteiger partial charge is 0.267 e. The standard InChI is InChI=1S/C23H26N4O3S2/c1-15-7-8-19-24-20(25-9-3-2-4-10-25)17(21(28)26(19)13-15)12-18-22(29)27(23(31)32-18)14-16-6-5-11-30-16/h7-8,12-13,16H,2-6,9-11,14H2,1H3/b18-12+/t16-/m1/s1. The highest BCUT2D eigenvalue weighted by atomic mass is 32.2. The zero-order chi connectivity index (χ0) is 22.2. The van der Waals surface area contributed by atoms with Crippen molar-refractivity contribution in [2.24, 2.45) is 0 Å². The highest BCUT2D eigenvalue weighted by Gasteiger charge is 2.35. The van der Waals surface area contributed by atoms with Crippen molar-refractivity contribution in [3.05, 3.63) is 44.7 Å². The Hall–Kier alpha value is -2.23. The Bertz CT molecular complexity index is 1160. The minimum absolute atomic E-state index is 0.0247. The second kappa shape index (κ2) is 8.96. The van der Waals surface area contributed by atoms with Crippen LogP contribution in [0.25, 0.3) is 11.7 Å². The normalized spacial score (nSPS) is 23.2. The number of thiocarbonyl (C=S) groups is 1. The third-order valence-electron chi connectivity index (χ3n) is 6.20. The molecular weight excluding hydrogens is 444 g/mol. The average molecular weight is 471 g/mol. The molecule has 2 aromatic heterocycles. The van der Waals surface area contributed by atoms with Crippen LogP contribution in [0.5, 0.6) is 0 Å². The van der Waals surface area contributed by atoms with Crippen molar-refractivity contribution in [2.75, 3.05) is 31.1 Å². The summed E-state index contributed by atoms with van der Waals surface area (Å²) in [5.74, 6) is 0.497. The van der Waals surface area contributed by atoms with Crippen molar-refractivity contribution in [3.8, 4) is 0 Å². The van der Waals surface area contributed by atoms with Gasteiger partial charge in [-0.1, -0.05) is 30.0 Å². The van der Waals surface area contributed by atoms with Gasteiger partial charge in [0.25, 0.3) is 11.5 Å². The van der Waals surface area contributed by atoms with E-state index in [0.29, 0.717) is 32.8 Å². The molecule has 5 rings (SSSR count). The van der Waals surface area contributed by atoms with Crippen LogP contribution in [0.2, 0.25) is 0 Å². The molecule has 3 aliphatic rings. The molecule has 3 saturated heterocycles. The van der Waals surface area contributed by atoms with Crippen molar-refractivity contribution in [1.29, 1.82) is 0 Å². The van der Waals surface area contributed by atoms with E-state index in [0.717, 1.165) is 50.9 Å². The highest BCUT2D eigenvalue weighted by Crippen LogP contribution is 2.34. The third-order valence-corrected chi connectivity index (χ3v) is 7.58. The van der Waals surface area contributed by atoms with Crippen LogP contribution in [0.1, 0.15) is 43.2 Å². The minimum atomic E-state index is -0.163. The molecule has 0 saturated carbocycles. The SMILES string of the molecule is Cc1ccc2nc(N3CCCCC3)c(/C=C3/SC(=S)N(C[C@H]4CCCO4)C3=O)c(=O)n2c1. The van der Waals surface area contributed by atoms with E-state index in [1.165, 1.54) is 18.2 Å². The van der Waals surface area contributed by atoms with Crippen LogP contribution >= 0.6 is 24.0 Å². The fourth-order valence-electron chi connectivity index (χ4n) is 4.50. The van der Waals surface area contributed by atoms with Crippen molar-refractivity contribution in [3.63, 3.8) is 0 Å². The number of amides is 1. The quantitative estimate of drug-likeness (QED) is 0.501. The molecule has 0 spiro atoms. The van der Waals surface area contributed by atoms with Gasteiger partial charge in [-0.2, -0.15) is 0 Å². The summed E-state index contributed by atoms with van der Waals surface area (Å²) in [7, 11) is 0. The lowest BCUT2D eigenvalue weighted by Gasteiger charge is -2.29. The van der Waals surface area contributed by atoms with E-state index in [-0.39, 0.29) is 17.6 Å². The number of aryl methyl sites for hydroxylation is 1. The van der Waals surface area contributed by atoms with Gasteiger partial charge in [-0.15, -0.1) is 0 Å². The second-order valence-corrected chi connectivity index (χ2v) is 10.2. The summed E-state index contributed by atoms with van der Waals surface area (Å²) in [4.78, 5) is 35.8. The highest BCUT2D eigenvalue weighted by molar-refractivity contribution is 8.26. The Morgan fingerprint density at radius 1 is 1.22 bits per heavy atom. The van der Waals surface area contributed by atoms with E-state index in [2.05, 4.69) is 4.90 Å². The van der Waals surface area contributed by atoms with Crippen LogP contribution in [0, 0.1) is 6.92 Å². The van der Waals surface area contributed by atoms with Crippen molar-refractivity contribution in [2.45, 2.75) is 45.1 Å². The number of anilines is 1. The molecule has 0 aliphatic carbocycles. The maximum atomic E-state index is 13.5. The van der Waals surface area contributed by atoms with E-state index in [9.17, 15) is 9.59 Å². The molecule has 3 fully saturated rings. The topological polar surface area (TPSA) is 67.2 Å². The molecule has 32 heavy (non-hydrogen) atoms. The van der Waals surface area contributed by atoms with Crippen LogP contribution in [-0.4, -0.2) is 56.9 Å². The Balaban J connectivity index is 1.57. The van der Waals surface area contributed by atoms with Gasteiger partial charge in [-0.05, 0) is 56.7 Å². The van der Waals surface area contributed by atoms with Crippen LogP contribution in [0.3, 0.4) is 0 Å². The van der Waals surface area contributed by atoms with E-state index in [4.69, 9.17) is 21.9 Å². The number of hydrogen-bond acceptors (Lipinski definition) is 7. The fraction of sp³-hybridized carbons (Fsp3) is 0.478. The number of hydrogen-bond donors (Lipinski definition) is 0. The van der Waals surface area contributed by atoms with Gasteiger partial charge >= 0.3 is 0 Å². The zero-order valence-corrected chi connectivity index (χ0v) is 19.7. The van der Waals surface area contributed by atoms with E-state index in [1.54, 1.807) is 21.6 Å². The number of pyridine rings is 1. The molecule has 0 radical (unpaired) electrons. The number of thioether (sulfide) groups is 1. The summed E-state index contributed by atoms with van der Waals surface area (Å²) in [6.45, 7) is 4.85. The number of ether oxygens (including phenoxy) is 1. The molecular formula is C23H26N4O3S2. The lowest BCUT2D eigenvalue weighted by Crippen LogP contribution is -2.35. The third kappa shape index (κ3) is 4.09. The molecule has 9 heteroatoms. The summed E-state index contributed by atoms with van der Waals surface area (Å²) < 4.78 is 7.78. The molecule has 3 aliphatic heterocycles. The average Bonchev–Trinajstić information content (AvgIpc) is 3.40. The first-order valence-corrected chi connectivity index (χ1v) is 12.4. The zero-order valence-electron chi connectivity index (χ0n) is 18.1. The Morgan fingerprint density at radius 2 is 2.03 bits per heavy atom. The van der Waals surface area contributed by atoms with Gasteiger partial charge in [0, 0.05) is 25.9 Å². The number of carbonyl (C=O) groups is 1. The molecule has 0 unspecified atom stereocenters. The maximum Gasteiger partial charge on any atom is 0.267 e. The number of carbonyl (C=O) groups excluding carboxylic acids is 1. The predicted octanol–water partition coefficient (Wildman–Crippen LogP) is 3.37. The number of aromatic nitrogens is 2. The number of fused-ring (bicyclic) bond motifs is 1. The van der Waals surface area contributed by atoms with E-state index in [1.807, 2.05) is 19.1 Å². The lowest BCUT2D eigenvalue weighted by molar-refractivity contribution is -0.123. The van der Waals surface area contributed by atoms with Crippen LogP contribution in [0.15, 0.2) is 28.0 Å². The van der Waals surface area contributed by atoms with Crippen molar-refractivity contribution >= 4 is 51.7 Å². The minimum Gasteiger partial charge on any atom is -0.376 e. The number of rotatable bonds is 4.